The van der Waals surface area contributed by atoms with Crippen molar-refractivity contribution in [3.63, 3.8) is 0 Å². The van der Waals surface area contributed by atoms with Crippen molar-refractivity contribution in [3.8, 4) is 0 Å². The van der Waals surface area contributed by atoms with E-state index in [9.17, 15) is 4.39 Å². The maximum absolute atomic E-state index is 13.3. The summed E-state index contributed by atoms with van der Waals surface area (Å²) in [5.41, 5.74) is 4.19. The summed E-state index contributed by atoms with van der Waals surface area (Å²) in [7, 11) is 0. The number of rotatable bonds is 5. The predicted molar refractivity (Wildman–Crippen MR) is 80.2 cm³/mol. The van der Waals surface area contributed by atoms with Crippen molar-refractivity contribution in [3.05, 3.63) is 64.7 Å². The van der Waals surface area contributed by atoms with Gasteiger partial charge in [0.25, 0.3) is 0 Å². The fraction of sp³-hybridized carbons (Fsp3) is 0.353. The molecular formula is C17H21FN2. The number of aromatic nitrogens is 1. The maximum Gasteiger partial charge on any atom is 0.123 e. The molecule has 0 radical (unpaired) electrons. The number of hydrogen-bond acceptors (Lipinski definition) is 2. The summed E-state index contributed by atoms with van der Waals surface area (Å²) < 4.78 is 13.3. The average molecular weight is 272 g/mol. The van der Waals surface area contributed by atoms with Crippen LogP contribution in [0.5, 0.6) is 0 Å². The topological polar surface area (TPSA) is 24.9 Å². The molecule has 20 heavy (non-hydrogen) atoms. The van der Waals surface area contributed by atoms with Crippen LogP contribution >= 0.6 is 0 Å². The molecule has 0 spiro atoms. The molecule has 0 amide bonds. The van der Waals surface area contributed by atoms with Crippen LogP contribution in [0.2, 0.25) is 0 Å². The van der Waals surface area contributed by atoms with Crippen LogP contribution in [0.4, 0.5) is 4.39 Å². The van der Waals surface area contributed by atoms with Crippen molar-refractivity contribution in [2.45, 2.75) is 33.2 Å². The highest BCUT2D eigenvalue weighted by Crippen LogP contribution is 2.26. The van der Waals surface area contributed by atoms with Gasteiger partial charge in [-0.1, -0.05) is 19.1 Å². The van der Waals surface area contributed by atoms with Crippen molar-refractivity contribution in [1.29, 1.82) is 0 Å². The third-order valence-electron chi connectivity index (χ3n) is 3.46. The first-order chi connectivity index (χ1) is 9.63. The third kappa shape index (κ3) is 3.23. The molecule has 0 aliphatic rings. The van der Waals surface area contributed by atoms with Gasteiger partial charge < -0.3 is 5.32 Å². The highest BCUT2D eigenvalue weighted by Gasteiger charge is 2.18. The Bertz CT molecular complexity index is 581. The molecule has 2 rings (SSSR count). The number of aryl methyl sites for hydroxylation is 2. The lowest BCUT2D eigenvalue weighted by atomic mass is 9.96. The summed E-state index contributed by atoms with van der Waals surface area (Å²) in [6.45, 7) is 7.03. The Labute approximate surface area is 120 Å². The van der Waals surface area contributed by atoms with Crippen molar-refractivity contribution in [1.82, 2.24) is 10.3 Å². The van der Waals surface area contributed by atoms with Gasteiger partial charge in [-0.2, -0.15) is 0 Å². The van der Waals surface area contributed by atoms with E-state index >= 15 is 0 Å². The van der Waals surface area contributed by atoms with Gasteiger partial charge >= 0.3 is 0 Å². The molecule has 0 bridgehead atoms. The molecule has 106 valence electrons. The summed E-state index contributed by atoms with van der Waals surface area (Å²) in [5.74, 6) is -0.196. The van der Waals surface area contributed by atoms with Gasteiger partial charge in [-0.25, -0.2) is 4.39 Å². The molecule has 1 N–H and O–H groups in total. The Morgan fingerprint density at radius 1 is 1.20 bits per heavy atom. The lowest BCUT2D eigenvalue weighted by molar-refractivity contribution is 0.577. The number of benzene rings is 1. The van der Waals surface area contributed by atoms with Crippen molar-refractivity contribution in [2.75, 3.05) is 6.54 Å². The molecule has 1 atom stereocenters. The summed E-state index contributed by atoms with van der Waals surface area (Å²) in [6, 6.07) is 8.95. The Hall–Kier alpha value is -1.74. The second kappa shape index (κ2) is 6.62. The minimum atomic E-state index is -0.196. The van der Waals surface area contributed by atoms with Crippen LogP contribution in [-0.2, 0) is 0 Å². The van der Waals surface area contributed by atoms with E-state index in [1.165, 1.54) is 6.07 Å². The summed E-state index contributed by atoms with van der Waals surface area (Å²) in [5, 5.41) is 3.52. The van der Waals surface area contributed by atoms with Crippen LogP contribution in [0.25, 0.3) is 0 Å². The molecule has 1 aromatic heterocycles. The van der Waals surface area contributed by atoms with E-state index in [0.717, 1.165) is 35.3 Å². The van der Waals surface area contributed by atoms with Gasteiger partial charge in [-0.15, -0.1) is 0 Å². The molecule has 0 saturated carbocycles. The lowest BCUT2D eigenvalue weighted by Gasteiger charge is -2.22. The highest BCUT2D eigenvalue weighted by atomic mass is 19.1. The first-order valence-corrected chi connectivity index (χ1v) is 7.04. The van der Waals surface area contributed by atoms with Gasteiger partial charge in [-0.3, -0.25) is 4.98 Å². The van der Waals surface area contributed by atoms with E-state index in [1.54, 1.807) is 6.07 Å². The van der Waals surface area contributed by atoms with Crippen molar-refractivity contribution < 1.29 is 4.39 Å². The van der Waals surface area contributed by atoms with Crippen LogP contribution in [-0.4, -0.2) is 11.5 Å². The molecule has 0 aliphatic heterocycles. The van der Waals surface area contributed by atoms with Gasteiger partial charge in [0.1, 0.15) is 5.82 Å². The number of nitrogens with zero attached hydrogens (tertiary/aromatic N) is 1. The summed E-state index contributed by atoms with van der Waals surface area (Å²) >= 11 is 0. The molecule has 2 aromatic rings. The van der Waals surface area contributed by atoms with E-state index in [4.69, 9.17) is 0 Å². The normalized spacial score (nSPS) is 12.4. The van der Waals surface area contributed by atoms with Gasteiger partial charge in [0.15, 0.2) is 0 Å². The average Bonchev–Trinajstić information content (AvgIpc) is 2.42. The van der Waals surface area contributed by atoms with Crippen LogP contribution in [0, 0.1) is 19.7 Å². The van der Waals surface area contributed by atoms with Crippen LogP contribution in [0.3, 0.4) is 0 Å². The number of halogens is 1. The molecule has 3 heteroatoms. The van der Waals surface area contributed by atoms with E-state index in [0.29, 0.717) is 0 Å². The standard InChI is InChI=1S/C17H21FN2/c1-4-9-19-17(16-12(2)6-5-10-20-16)15-8-7-14(18)11-13(15)3/h5-8,10-11,17,19H,4,9H2,1-3H3. The predicted octanol–water partition coefficient (Wildman–Crippen LogP) is 3.93. The van der Waals surface area contributed by atoms with E-state index in [2.05, 4.69) is 30.2 Å². The van der Waals surface area contributed by atoms with Gasteiger partial charge in [0, 0.05) is 6.20 Å². The lowest BCUT2D eigenvalue weighted by Crippen LogP contribution is -2.25. The molecular weight excluding hydrogens is 251 g/mol. The Morgan fingerprint density at radius 2 is 2.00 bits per heavy atom. The van der Waals surface area contributed by atoms with E-state index in [-0.39, 0.29) is 11.9 Å². The molecule has 0 aliphatic carbocycles. The summed E-state index contributed by atoms with van der Waals surface area (Å²) in [4.78, 5) is 4.52. The van der Waals surface area contributed by atoms with Crippen molar-refractivity contribution in [2.24, 2.45) is 0 Å². The van der Waals surface area contributed by atoms with Crippen LogP contribution in [0.1, 0.15) is 41.8 Å². The first kappa shape index (κ1) is 14.7. The fourth-order valence-corrected chi connectivity index (χ4v) is 2.41. The van der Waals surface area contributed by atoms with Crippen LogP contribution in [0.15, 0.2) is 36.5 Å². The van der Waals surface area contributed by atoms with Crippen LogP contribution < -0.4 is 5.32 Å². The van der Waals surface area contributed by atoms with E-state index < -0.39 is 0 Å². The zero-order valence-corrected chi connectivity index (χ0v) is 12.3. The molecule has 1 heterocycles. The molecule has 0 saturated heterocycles. The van der Waals surface area contributed by atoms with Gasteiger partial charge in [0.05, 0.1) is 11.7 Å². The highest BCUT2D eigenvalue weighted by molar-refractivity contribution is 5.37. The second-order valence-electron chi connectivity index (χ2n) is 5.09. The zero-order valence-electron chi connectivity index (χ0n) is 12.3. The Morgan fingerprint density at radius 3 is 2.65 bits per heavy atom. The zero-order chi connectivity index (χ0) is 14.5. The summed E-state index contributed by atoms with van der Waals surface area (Å²) in [6.07, 6.45) is 2.85. The first-order valence-electron chi connectivity index (χ1n) is 7.04. The fourth-order valence-electron chi connectivity index (χ4n) is 2.41. The SMILES string of the molecule is CCCNC(c1ccc(F)cc1C)c1ncccc1C. The third-order valence-corrected chi connectivity index (χ3v) is 3.46. The Balaban J connectivity index is 2.44. The molecule has 0 fully saturated rings. The molecule has 2 nitrogen and oxygen atoms in total. The van der Waals surface area contributed by atoms with Gasteiger partial charge in [0.2, 0.25) is 0 Å². The van der Waals surface area contributed by atoms with Gasteiger partial charge in [-0.05, 0) is 61.7 Å². The number of hydrogen-bond donors (Lipinski definition) is 1. The smallest absolute Gasteiger partial charge is 0.123 e. The monoisotopic (exact) mass is 272 g/mol. The number of nitrogens with one attached hydrogen (secondary N) is 1. The number of pyridine rings is 1. The minimum Gasteiger partial charge on any atom is -0.305 e. The maximum atomic E-state index is 13.3. The Kier molecular flexibility index (Phi) is 4.85. The molecule has 1 unspecified atom stereocenters. The molecule has 1 aromatic carbocycles. The minimum absolute atomic E-state index is 0.0109. The van der Waals surface area contributed by atoms with Crippen molar-refractivity contribution >= 4 is 0 Å². The quantitative estimate of drug-likeness (QED) is 0.892. The second-order valence-corrected chi connectivity index (χ2v) is 5.09. The van der Waals surface area contributed by atoms with E-state index in [1.807, 2.05) is 25.3 Å². The largest absolute Gasteiger partial charge is 0.305 e.